The molecule has 146 valence electrons. The van der Waals surface area contributed by atoms with Gasteiger partial charge in [0.05, 0.1) is 6.26 Å². The molecule has 0 unspecified atom stereocenters. The van der Waals surface area contributed by atoms with Gasteiger partial charge in [0.2, 0.25) is 0 Å². The van der Waals surface area contributed by atoms with E-state index < -0.39 is 0 Å². The quantitative estimate of drug-likeness (QED) is 0.226. The monoisotopic (exact) mass is 475 g/mol. The van der Waals surface area contributed by atoms with Crippen LogP contribution in [-0.2, 0) is 24.6 Å². The molecule has 0 spiro atoms. The van der Waals surface area contributed by atoms with Gasteiger partial charge in [-0.25, -0.2) is 0 Å². The number of rotatable bonds is 11. The minimum Gasteiger partial charge on any atom is -0.469 e. The Morgan fingerprint density at radius 2 is 2.08 bits per heavy atom. The van der Waals surface area contributed by atoms with Crippen molar-refractivity contribution in [3.8, 4) is 0 Å². The van der Waals surface area contributed by atoms with Crippen molar-refractivity contribution < 1.29 is 9.15 Å². The van der Waals surface area contributed by atoms with Crippen LogP contribution in [0.1, 0.15) is 24.8 Å². The minimum atomic E-state index is 0. The SMILES string of the molecule is CCOCCCN=C(NCCc1ccco1)NCCc1ccnn1C.I. The number of aromatic nitrogens is 2. The third-order valence-electron chi connectivity index (χ3n) is 3.76. The van der Waals surface area contributed by atoms with E-state index in [0.717, 1.165) is 63.8 Å². The van der Waals surface area contributed by atoms with Crippen LogP contribution >= 0.6 is 24.0 Å². The van der Waals surface area contributed by atoms with Crippen molar-refractivity contribution in [3.05, 3.63) is 42.1 Å². The van der Waals surface area contributed by atoms with E-state index in [0.29, 0.717) is 0 Å². The molecule has 2 heterocycles. The molecule has 0 aromatic carbocycles. The number of furan rings is 1. The molecule has 0 aliphatic rings. The van der Waals surface area contributed by atoms with E-state index in [1.54, 1.807) is 6.26 Å². The molecule has 0 radical (unpaired) electrons. The lowest BCUT2D eigenvalue weighted by Gasteiger charge is -2.12. The van der Waals surface area contributed by atoms with Gasteiger partial charge in [0.15, 0.2) is 5.96 Å². The van der Waals surface area contributed by atoms with Crippen molar-refractivity contribution in [2.24, 2.45) is 12.0 Å². The summed E-state index contributed by atoms with van der Waals surface area (Å²) in [5, 5.41) is 10.9. The van der Waals surface area contributed by atoms with E-state index >= 15 is 0 Å². The van der Waals surface area contributed by atoms with Gasteiger partial charge in [0.1, 0.15) is 5.76 Å². The summed E-state index contributed by atoms with van der Waals surface area (Å²) in [5.41, 5.74) is 1.19. The van der Waals surface area contributed by atoms with Crippen molar-refractivity contribution in [3.63, 3.8) is 0 Å². The third kappa shape index (κ3) is 8.70. The Kier molecular flexibility index (Phi) is 11.8. The van der Waals surface area contributed by atoms with Crippen LogP contribution < -0.4 is 10.6 Å². The third-order valence-corrected chi connectivity index (χ3v) is 3.76. The van der Waals surface area contributed by atoms with Gasteiger partial charge in [0, 0.05) is 64.6 Å². The Morgan fingerprint density at radius 1 is 1.27 bits per heavy atom. The Labute approximate surface area is 172 Å². The van der Waals surface area contributed by atoms with Crippen molar-refractivity contribution in [2.75, 3.05) is 32.8 Å². The summed E-state index contributed by atoms with van der Waals surface area (Å²) in [6.45, 7) is 5.82. The van der Waals surface area contributed by atoms with E-state index in [1.165, 1.54) is 5.69 Å². The molecule has 0 bridgehead atoms. The summed E-state index contributed by atoms with van der Waals surface area (Å²) in [6.07, 6.45) is 6.16. The predicted octanol–water partition coefficient (Wildman–Crippen LogP) is 2.38. The number of aliphatic imine (C=N–C) groups is 1. The largest absolute Gasteiger partial charge is 0.469 e. The van der Waals surface area contributed by atoms with Gasteiger partial charge in [-0.3, -0.25) is 9.67 Å². The number of guanidine groups is 1. The first-order chi connectivity index (χ1) is 12.3. The first-order valence-corrected chi connectivity index (χ1v) is 8.88. The van der Waals surface area contributed by atoms with Crippen molar-refractivity contribution in [1.29, 1.82) is 0 Å². The summed E-state index contributed by atoms with van der Waals surface area (Å²) in [7, 11) is 1.96. The molecule has 2 aromatic rings. The van der Waals surface area contributed by atoms with Crippen LogP contribution in [0.3, 0.4) is 0 Å². The van der Waals surface area contributed by atoms with Crippen LogP contribution in [0.5, 0.6) is 0 Å². The number of ether oxygens (including phenoxy) is 1. The van der Waals surface area contributed by atoms with Crippen molar-refractivity contribution >= 4 is 29.9 Å². The summed E-state index contributed by atoms with van der Waals surface area (Å²) in [5.74, 6) is 1.79. The summed E-state index contributed by atoms with van der Waals surface area (Å²) < 4.78 is 12.6. The van der Waals surface area contributed by atoms with Crippen molar-refractivity contribution in [2.45, 2.75) is 26.2 Å². The van der Waals surface area contributed by atoms with Gasteiger partial charge in [-0.15, -0.1) is 24.0 Å². The molecule has 0 saturated carbocycles. The average molecular weight is 475 g/mol. The molecule has 0 aliphatic carbocycles. The molecule has 8 heteroatoms. The fourth-order valence-corrected chi connectivity index (χ4v) is 2.39. The zero-order valence-corrected chi connectivity index (χ0v) is 17.9. The fourth-order valence-electron chi connectivity index (χ4n) is 2.39. The molecule has 0 amide bonds. The van der Waals surface area contributed by atoms with Crippen LogP contribution in [0.2, 0.25) is 0 Å². The maximum Gasteiger partial charge on any atom is 0.191 e. The molecule has 2 aromatic heterocycles. The first-order valence-electron chi connectivity index (χ1n) is 8.88. The van der Waals surface area contributed by atoms with E-state index in [4.69, 9.17) is 9.15 Å². The Morgan fingerprint density at radius 3 is 2.73 bits per heavy atom. The van der Waals surface area contributed by atoms with Crippen LogP contribution in [0.15, 0.2) is 40.1 Å². The van der Waals surface area contributed by atoms with Crippen LogP contribution in [0.4, 0.5) is 0 Å². The Balaban J connectivity index is 0.00000338. The summed E-state index contributed by atoms with van der Waals surface area (Å²) in [6, 6.07) is 5.92. The summed E-state index contributed by atoms with van der Waals surface area (Å²) in [4.78, 5) is 4.62. The minimum absolute atomic E-state index is 0. The van der Waals surface area contributed by atoms with E-state index in [2.05, 4.69) is 20.7 Å². The maximum absolute atomic E-state index is 5.36. The second-order valence-corrected chi connectivity index (χ2v) is 5.66. The molecule has 7 nitrogen and oxygen atoms in total. The van der Waals surface area contributed by atoms with Crippen LogP contribution in [0, 0.1) is 0 Å². The number of hydrogen-bond acceptors (Lipinski definition) is 4. The zero-order valence-electron chi connectivity index (χ0n) is 15.6. The van der Waals surface area contributed by atoms with Gasteiger partial charge in [-0.1, -0.05) is 0 Å². The number of halogens is 1. The average Bonchev–Trinajstić information content (AvgIpc) is 3.26. The van der Waals surface area contributed by atoms with Crippen LogP contribution in [-0.4, -0.2) is 48.6 Å². The number of aryl methyl sites for hydroxylation is 1. The number of hydrogen-bond donors (Lipinski definition) is 2. The molecule has 0 atom stereocenters. The highest BCUT2D eigenvalue weighted by Gasteiger charge is 2.02. The Hall–Kier alpha value is -1.55. The lowest BCUT2D eigenvalue weighted by Crippen LogP contribution is -2.39. The zero-order chi connectivity index (χ0) is 17.7. The molecule has 0 aliphatic heterocycles. The highest BCUT2D eigenvalue weighted by atomic mass is 127. The van der Waals surface area contributed by atoms with Crippen molar-refractivity contribution in [1.82, 2.24) is 20.4 Å². The van der Waals surface area contributed by atoms with E-state index in [1.807, 2.05) is 43.0 Å². The molecule has 0 saturated heterocycles. The van der Waals surface area contributed by atoms with Crippen LogP contribution in [0.25, 0.3) is 0 Å². The topological polar surface area (TPSA) is 76.6 Å². The van der Waals surface area contributed by atoms with E-state index in [-0.39, 0.29) is 24.0 Å². The predicted molar refractivity (Wildman–Crippen MR) is 114 cm³/mol. The molecular weight excluding hydrogens is 445 g/mol. The van der Waals surface area contributed by atoms with Gasteiger partial charge in [0.25, 0.3) is 0 Å². The lowest BCUT2D eigenvalue weighted by atomic mass is 10.3. The second kappa shape index (κ2) is 13.6. The first kappa shape index (κ1) is 22.5. The highest BCUT2D eigenvalue weighted by Crippen LogP contribution is 1.99. The second-order valence-electron chi connectivity index (χ2n) is 5.66. The molecule has 2 N–H and O–H groups in total. The normalized spacial score (nSPS) is 11.2. The Bertz CT molecular complexity index is 613. The smallest absolute Gasteiger partial charge is 0.191 e. The maximum atomic E-state index is 5.36. The van der Waals surface area contributed by atoms with Gasteiger partial charge < -0.3 is 19.8 Å². The van der Waals surface area contributed by atoms with E-state index in [9.17, 15) is 0 Å². The molecule has 2 rings (SSSR count). The number of nitrogens with one attached hydrogen (secondary N) is 2. The molecule has 26 heavy (non-hydrogen) atoms. The molecule has 0 fully saturated rings. The summed E-state index contributed by atoms with van der Waals surface area (Å²) >= 11 is 0. The fraction of sp³-hybridized carbons (Fsp3) is 0.556. The van der Waals surface area contributed by atoms with Gasteiger partial charge in [-0.05, 0) is 31.5 Å². The standard InChI is InChI=1S/C18H29N5O2.HI/c1-3-24-14-5-10-19-18(21-12-9-17-6-4-15-25-17)20-11-7-16-8-13-22-23(16)2;/h4,6,8,13,15H,3,5,7,9-12,14H2,1-2H3,(H2,19,20,21);1H. The number of nitrogens with zero attached hydrogens (tertiary/aromatic N) is 3. The highest BCUT2D eigenvalue weighted by molar-refractivity contribution is 14.0. The van der Waals surface area contributed by atoms with Gasteiger partial charge >= 0.3 is 0 Å². The lowest BCUT2D eigenvalue weighted by molar-refractivity contribution is 0.146. The van der Waals surface area contributed by atoms with Gasteiger partial charge in [-0.2, -0.15) is 5.10 Å². The molecular formula is C18H30IN5O2.